The Morgan fingerprint density at radius 1 is 0.434 bits per heavy atom. The highest BCUT2D eigenvalue weighted by atomic mass is 19.4. The number of hydrogen-bond donors (Lipinski definition) is 0. The number of hydrogen-bond acceptors (Lipinski definition) is 4. The normalized spacial score (nSPS) is 13.0. The Bertz CT molecular complexity index is 2950. The van der Waals surface area contributed by atoms with E-state index in [2.05, 4.69) is 9.98 Å². The molecule has 256 valence electrons. The Balaban J connectivity index is 1.53. The van der Waals surface area contributed by atoms with E-state index in [0.717, 1.165) is 24.3 Å². The molecule has 0 aliphatic heterocycles. The molecule has 0 bridgehead atoms. The molecule has 0 saturated heterocycles. The van der Waals surface area contributed by atoms with Crippen molar-refractivity contribution in [2.75, 3.05) is 0 Å². The van der Waals surface area contributed by atoms with Crippen LogP contribution >= 0.6 is 0 Å². The van der Waals surface area contributed by atoms with Gasteiger partial charge in [0, 0.05) is 37.9 Å². The molecular weight excluding hydrogens is 693 g/mol. The summed E-state index contributed by atoms with van der Waals surface area (Å²) in [5.74, 6) is -0.781. The second-order valence-corrected chi connectivity index (χ2v) is 12.4. The summed E-state index contributed by atoms with van der Waals surface area (Å²) in [6.45, 7) is 0. The standard InChI is InChI=1S/C42H19F7N4/c43-38-35-30-15-13-26(24-9-5-11-28(17-24)42(47,48)49)19-32(30)39(52-20-50)36(35)33(22-6-2-1-3-7-22)34-29-14-12-25(18-31(29)40(37(34)38)53-21-51)23-8-4-10-27(16-23)41(44,45)46/h1-19H. The second kappa shape index (κ2) is 12.1. The van der Waals surface area contributed by atoms with Gasteiger partial charge in [-0.25, -0.2) is 4.39 Å². The van der Waals surface area contributed by atoms with Crippen LogP contribution in [0.15, 0.2) is 125 Å². The summed E-state index contributed by atoms with van der Waals surface area (Å²) in [5.41, 5.74) is 0.603. The third kappa shape index (κ3) is 5.37. The van der Waals surface area contributed by atoms with Gasteiger partial charge in [0.1, 0.15) is 5.82 Å². The predicted molar refractivity (Wildman–Crippen MR) is 187 cm³/mol. The minimum absolute atomic E-state index is 0.0218. The second-order valence-electron chi connectivity index (χ2n) is 12.4. The third-order valence-corrected chi connectivity index (χ3v) is 9.43. The van der Waals surface area contributed by atoms with E-state index in [0.29, 0.717) is 49.2 Å². The highest BCUT2D eigenvalue weighted by Gasteiger charge is 2.32. The summed E-state index contributed by atoms with van der Waals surface area (Å²) in [6, 6.07) is 27.9. The van der Waals surface area contributed by atoms with E-state index < -0.39 is 29.3 Å². The van der Waals surface area contributed by atoms with Crippen molar-refractivity contribution < 1.29 is 30.7 Å². The third-order valence-electron chi connectivity index (χ3n) is 9.43. The molecule has 0 saturated carbocycles. The lowest BCUT2D eigenvalue weighted by Crippen LogP contribution is -2.04. The van der Waals surface area contributed by atoms with E-state index in [-0.39, 0.29) is 38.0 Å². The summed E-state index contributed by atoms with van der Waals surface area (Å²) < 4.78 is 99.0. The summed E-state index contributed by atoms with van der Waals surface area (Å²) in [6.07, 6.45) is -5.62. The van der Waals surface area contributed by atoms with Gasteiger partial charge in [0.25, 0.3) is 0 Å². The van der Waals surface area contributed by atoms with Gasteiger partial charge in [0.05, 0.1) is 21.8 Å². The van der Waals surface area contributed by atoms with Gasteiger partial charge in [0.15, 0.2) is 0 Å². The number of alkyl halides is 6. The van der Waals surface area contributed by atoms with Gasteiger partial charge in [0.2, 0.25) is 12.4 Å². The minimum Gasteiger partial charge on any atom is -0.206 e. The van der Waals surface area contributed by atoms with Crippen LogP contribution in [0.2, 0.25) is 0 Å². The molecule has 0 aliphatic rings. The van der Waals surface area contributed by atoms with Crippen LogP contribution in [0.25, 0.3) is 76.5 Å². The lowest BCUT2D eigenvalue weighted by Gasteiger charge is -2.11. The molecular formula is C42H19F7N4. The van der Waals surface area contributed by atoms with E-state index in [1.165, 1.54) is 24.3 Å². The van der Waals surface area contributed by atoms with Crippen molar-refractivity contribution >= 4 is 43.1 Å². The molecule has 4 nitrogen and oxygen atoms in total. The molecule has 0 fully saturated rings. The van der Waals surface area contributed by atoms with Crippen LogP contribution in [0.1, 0.15) is 11.1 Å². The Morgan fingerprint density at radius 3 is 1.38 bits per heavy atom. The summed E-state index contributed by atoms with van der Waals surface area (Å²) in [7, 11) is 0. The smallest absolute Gasteiger partial charge is 0.206 e. The average Bonchev–Trinajstić information content (AvgIpc) is 3.64. The van der Waals surface area contributed by atoms with E-state index in [1.54, 1.807) is 79.1 Å². The fourth-order valence-electron chi connectivity index (χ4n) is 7.22. The van der Waals surface area contributed by atoms with Crippen molar-refractivity contribution in [2.45, 2.75) is 12.4 Å². The molecule has 0 N–H and O–H groups in total. The Labute approximate surface area is 295 Å². The molecule has 8 rings (SSSR count). The maximum atomic E-state index is 17.4. The van der Waals surface area contributed by atoms with Gasteiger partial charge < -0.3 is 0 Å². The number of nitrogens with zero attached hydrogens (tertiary/aromatic N) is 4. The van der Waals surface area contributed by atoms with Gasteiger partial charge in [-0.3, -0.25) is 0 Å². The van der Waals surface area contributed by atoms with Crippen LogP contribution in [0.3, 0.4) is 0 Å². The van der Waals surface area contributed by atoms with Crippen LogP contribution in [0.5, 0.6) is 0 Å². The quantitative estimate of drug-likeness (QED) is 0.135. The molecule has 0 radical (unpaired) electrons. The van der Waals surface area contributed by atoms with Crippen LogP contribution < -0.4 is 10.7 Å². The zero-order valence-corrected chi connectivity index (χ0v) is 26.9. The summed E-state index contributed by atoms with van der Waals surface area (Å²) >= 11 is 0. The fraction of sp³-hybridized carbons (Fsp3) is 0.0476. The molecule has 0 aliphatic carbocycles. The monoisotopic (exact) mass is 712 g/mol. The number of nitriles is 2. The number of fused-ring (bicyclic) bond motifs is 6. The van der Waals surface area contributed by atoms with Crippen LogP contribution in [-0.4, -0.2) is 0 Å². The molecule has 0 amide bonds. The molecule has 0 heterocycles. The maximum absolute atomic E-state index is 17.4. The van der Waals surface area contributed by atoms with Crippen molar-refractivity contribution in [3.05, 3.63) is 143 Å². The van der Waals surface area contributed by atoms with Gasteiger partial charge in [-0.05, 0) is 75.0 Å². The van der Waals surface area contributed by atoms with Crippen molar-refractivity contribution in [3.8, 4) is 45.8 Å². The molecule has 8 aromatic rings. The number of benzene rings is 6. The largest absolute Gasteiger partial charge is 0.416 e. The fourth-order valence-corrected chi connectivity index (χ4v) is 7.22. The average molecular weight is 713 g/mol. The van der Waals surface area contributed by atoms with Gasteiger partial charge >= 0.3 is 12.4 Å². The van der Waals surface area contributed by atoms with Crippen LogP contribution in [-0.2, 0) is 12.4 Å². The van der Waals surface area contributed by atoms with Crippen molar-refractivity contribution in [1.82, 2.24) is 0 Å². The van der Waals surface area contributed by atoms with Gasteiger partial charge in [-0.2, -0.15) is 46.9 Å². The molecule has 8 aromatic carbocycles. The van der Waals surface area contributed by atoms with Crippen molar-refractivity contribution in [1.29, 1.82) is 10.5 Å². The first kappa shape index (κ1) is 33.3. The molecule has 0 aromatic heterocycles. The lowest BCUT2D eigenvalue weighted by molar-refractivity contribution is -0.138. The first-order valence-electron chi connectivity index (χ1n) is 15.9. The molecule has 0 spiro atoms. The zero-order chi connectivity index (χ0) is 37.2. The van der Waals surface area contributed by atoms with Gasteiger partial charge in [-0.15, -0.1) is 0 Å². The van der Waals surface area contributed by atoms with Crippen molar-refractivity contribution in [2.24, 2.45) is 9.98 Å². The summed E-state index contributed by atoms with van der Waals surface area (Å²) in [4.78, 5) is 8.18. The van der Waals surface area contributed by atoms with Gasteiger partial charge in [-0.1, -0.05) is 78.9 Å². The molecule has 11 heteroatoms. The molecule has 0 unspecified atom stereocenters. The van der Waals surface area contributed by atoms with E-state index in [9.17, 15) is 36.9 Å². The van der Waals surface area contributed by atoms with E-state index in [4.69, 9.17) is 0 Å². The number of halogens is 7. The topological polar surface area (TPSA) is 72.3 Å². The van der Waals surface area contributed by atoms with Crippen LogP contribution in [0, 0.1) is 28.7 Å². The maximum Gasteiger partial charge on any atom is 0.416 e. The lowest BCUT2D eigenvalue weighted by atomic mass is 9.93. The molecule has 0 atom stereocenters. The molecule has 53 heavy (non-hydrogen) atoms. The number of rotatable bonds is 3. The highest BCUT2D eigenvalue weighted by molar-refractivity contribution is 6.29. The highest BCUT2D eigenvalue weighted by Crippen LogP contribution is 2.45. The van der Waals surface area contributed by atoms with E-state index >= 15 is 4.39 Å². The Kier molecular flexibility index (Phi) is 7.63. The SMILES string of the molecule is N#CN=c1c2cc(-c3cccc(C(F)(F)F)c3)ccc2c2c(F)c3c(=NC#N)c4cc(-c5cccc(C(F)(F)F)c5)ccc4c3c(-c3ccccc3)c12. The van der Waals surface area contributed by atoms with Crippen LogP contribution in [0.4, 0.5) is 30.7 Å². The van der Waals surface area contributed by atoms with Crippen molar-refractivity contribution in [3.63, 3.8) is 0 Å². The minimum atomic E-state index is -4.59. The first-order valence-corrected chi connectivity index (χ1v) is 15.9. The Morgan fingerprint density at radius 2 is 0.887 bits per heavy atom. The summed E-state index contributed by atoms with van der Waals surface area (Å²) in [5, 5.41) is 21.8. The zero-order valence-electron chi connectivity index (χ0n) is 26.9. The van der Waals surface area contributed by atoms with E-state index in [1.807, 2.05) is 0 Å². The first-order chi connectivity index (χ1) is 25.4. The predicted octanol–water partition coefficient (Wildman–Crippen LogP) is 11.1. The Hall–Kier alpha value is -6.85.